The van der Waals surface area contributed by atoms with E-state index in [2.05, 4.69) is 20.7 Å². The summed E-state index contributed by atoms with van der Waals surface area (Å²) in [7, 11) is 0. The first-order valence-electron chi connectivity index (χ1n) is 7.73. The minimum Gasteiger partial charge on any atom is -0.272 e. The number of carbonyl (C=O) groups is 1. The zero-order valence-electron chi connectivity index (χ0n) is 13.8. The normalized spacial score (nSPS) is 10.8. The third-order valence-electron chi connectivity index (χ3n) is 3.63. The lowest BCUT2D eigenvalue weighted by molar-refractivity contribution is -0.384. The van der Waals surface area contributed by atoms with Gasteiger partial charge in [0.05, 0.1) is 16.8 Å². The second kappa shape index (κ2) is 7.39. The van der Waals surface area contributed by atoms with Gasteiger partial charge in [-0.25, -0.2) is 5.43 Å². The van der Waals surface area contributed by atoms with Crippen molar-refractivity contribution in [2.24, 2.45) is 5.10 Å². The van der Waals surface area contributed by atoms with Crippen molar-refractivity contribution in [1.29, 1.82) is 0 Å². The molecule has 8 heteroatoms. The van der Waals surface area contributed by atoms with E-state index in [1.807, 2.05) is 31.2 Å². The van der Waals surface area contributed by atoms with Crippen LogP contribution < -0.4 is 5.43 Å². The number of hydrogen-bond donors (Lipinski definition) is 2. The summed E-state index contributed by atoms with van der Waals surface area (Å²) in [6, 6.07) is 15.2. The molecule has 0 aliphatic rings. The monoisotopic (exact) mass is 349 g/mol. The van der Waals surface area contributed by atoms with Gasteiger partial charge in [0.25, 0.3) is 11.6 Å². The van der Waals surface area contributed by atoms with Gasteiger partial charge < -0.3 is 0 Å². The summed E-state index contributed by atoms with van der Waals surface area (Å²) in [5, 5.41) is 21.4. The minimum atomic E-state index is -0.483. The Morgan fingerprint density at radius 2 is 2.00 bits per heavy atom. The van der Waals surface area contributed by atoms with Gasteiger partial charge in [-0.05, 0) is 18.6 Å². The molecule has 130 valence electrons. The Hall–Kier alpha value is -3.81. The number of nitrogens with zero attached hydrogens (tertiary/aromatic N) is 3. The molecule has 0 spiro atoms. The molecule has 0 bridgehead atoms. The van der Waals surface area contributed by atoms with E-state index in [1.165, 1.54) is 24.4 Å². The van der Waals surface area contributed by atoms with Gasteiger partial charge in [0.15, 0.2) is 0 Å². The molecule has 2 N–H and O–H groups in total. The lowest BCUT2D eigenvalue weighted by atomic mass is 10.1. The predicted octanol–water partition coefficient (Wildman–Crippen LogP) is 3.06. The van der Waals surface area contributed by atoms with Crippen molar-refractivity contribution >= 4 is 17.8 Å². The molecule has 0 saturated carbocycles. The number of aryl methyl sites for hydroxylation is 1. The first-order chi connectivity index (χ1) is 12.5. The number of nitro benzene ring substituents is 1. The first-order valence-corrected chi connectivity index (χ1v) is 7.73. The van der Waals surface area contributed by atoms with E-state index in [0.717, 1.165) is 11.1 Å². The average molecular weight is 349 g/mol. The standard InChI is InChI=1S/C18H15N5O3/c1-12-5-7-13(8-6-12)11-19-22-18(24)17-10-16(20-21-17)14-3-2-4-15(9-14)23(25)26/h2-11H,1H3,(H,20,21)(H,22,24). The highest BCUT2D eigenvalue weighted by atomic mass is 16.6. The predicted molar refractivity (Wildman–Crippen MR) is 96.9 cm³/mol. The van der Waals surface area contributed by atoms with Gasteiger partial charge in [0.2, 0.25) is 0 Å². The topological polar surface area (TPSA) is 113 Å². The molecule has 2 aromatic carbocycles. The second-order valence-corrected chi connectivity index (χ2v) is 5.58. The number of non-ortho nitro benzene ring substituents is 1. The van der Waals surface area contributed by atoms with Crippen LogP contribution in [0.2, 0.25) is 0 Å². The van der Waals surface area contributed by atoms with Crippen molar-refractivity contribution in [2.45, 2.75) is 6.92 Å². The van der Waals surface area contributed by atoms with E-state index in [-0.39, 0.29) is 11.4 Å². The van der Waals surface area contributed by atoms with Crippen LogP contribution in [0.1, 0.15) is 21.6 Å². The molecule has 0 atom stereocenters. The number of aromatic amines is 1. The van der Waals surface area contributed by atoms with Crippen molar-refractivity contribution in [2.75, 3.05) is 0 Å². The Balaban J connectivity index is 1.69. The van der Waals surface area contributed by atoms with Crippen LogP contribution in [-0.2, 0) is 0 Å². The van der Waals surface area contributed by atoms with Crippen LogP contribution in [0.3, 0.4) is 0 Å². The highest BCUT2D eigenvalue weighted by molar-refractivity contribution is 5.94. The molecule has 0 unspecified atom stereocenters. The van der Waals surface area contributed by atoms with Gasteiger partial charge in [-0.2, -0.15) is 10.2 Å². The number of carbonyl (C=O) groups excluding carboxylic acids is 1. The lowest BCUT2D eigenvalue weighted by Gasteiger charge is -1.97. The molecule has 0 aliphatic heterocycles. The number of rotatable bonds is 5. The third-order valence-corrected chi connectivity index (χ3v) is 3.63. The number of nitro groups is 1. The highest BCUT2D eigenvalue weighted by Crippen LogP contribution is 2.22. The number of aromatic nitrogens is 2. The minimum absolute atomic E-state index is 0.0424. The SMILES string of the molecule is Cc1ccc(C=NNC(=O)c2cc(-c3cccc([N+](=O)[O-])c3)n[nH]2)cc1. The zero-order valence-corrected chi connectivity index (χ0v) is 13.8. The molecule has 1 heterocycles. The van der Waals surface area contributed by atoms with Crippen LogP contribution in [0.5, 0.6) is 0 Å². The number of hydrogen-bond acceptors (Lipinski definition) is 5. The number of nitrogens with one attached hydrogen (secondary N) is 2. The number of benzene rings is 2. The molecule has 8 nitrogen and oxygen atoms in total. The fourth-order valence-corrected chi connectivity index (χ4v) is 2.24. The van der Waals surface area contributed by atoms with E-state index in [9.17, 15) is 14.9 Å². The summed E-state index contributed by atoms with van der Waals surface area (Å²) in [4.78, 5) is 22.5. The van der Waals surface area contributed by atoms with Crippen molar-refractivity contribution < 1.29 is 9.72 Å². The maximum absolute atomic E-state index is 12.1. The van der Waals surface area contributed by atoms with Crippen molar-refractivity contribution in [3.8, 4) is 11.3 Å². The Bertz CT molecular complexity index is 977. The summed E-state index contributed by atoms with van der Waals surface area (Å²) in [5.41, 5.74) is 5.53. The first kappa shape index (κ1) is 17.0. The Morgan fingerprint density at radius 1 is 1.23 bits per heavy atom. The van der Waals surface area contributed by atoms with Crippen LogP contribution in [0.4, 0.5) is 5.69 Å². The van der Waals surface area contributed by atoms with Crippen molar-refractivity contribution in [1.82, 2.24) is 15.6 Å². The molecule has 26 heavy (non-hydrogen) atoms. The number of hydrazone groups is 1. The average Bonchev–Trinajstić information content (AvgIpc) is 3.14. The molecule has 3 rings (SSSR count). The van der Waals surface area contributed by atoms with Gasteiger partial charge in [0.1, 0.15) is 5.69 Å². The maximum atomic E-state index is 12.1. The summed E-state index contributed by atoms with van der Waals surface area (Å²) in [6.45, 7) is 1.99. The summed E-state index contributed by atoms with van der Waals surface area (Å²) >= 11 is 0. The molecule has 0 radical (unpaired) electrons. The Labute approximate surface area is 148 Å². The quantitative estimate of drug-likeness (QED) is 0.418. The molecule has 3 aromatic rings. The van der Waals surface area contributed by atoms with Gasteiger partial charge in [0, 0.05) is 17.7 Å². The molecule has 1 amide bonds. The molecule has 0 saturated heterocycles. The molecular formula is C18H15N5O3. The van der Waals surface area contributed by atoms with Gasteiger partial charge in [-0.1, -0.05) is 42.0 Å². The largest absolute Gasteiger partial charge is 0.289 e. The summed E-state index contributed by atoms with van der Waals surface area (Å²) < 4.78 is 0. The zero-order chi connectivity index (χ0) is 18.5. The van der Waals surface area contributed by atoms with E-state index in [4.69, 9.17) is 0 Å². The Morgan fingerprint density at radius 3 is 2.73 bits per heavy atom. The lowest BCUT2D eigenvalue weighted by Crippen LogP contribution is -2.17. The molecule has 1 aromatic heterocycles. The van der Waals surface area contributed by atoms with Gasteiger partial charge in [-0.3, -0.25) is 20.0 Å². The molecular weight excluding hydrogens is 334 g/mol. The van der Waals surface area contributed by atoms with Crippen LogP contribution in [-0.4, -0.2) is 27.2 Å². The fraction of sp³-hybridized carbons (Fsp3) is 0.0556. The third kappa shape index (κ3) is 3.99. The van der Waals surface area contributed by atoms with Crippen LogP contribution in [0.15, 0.2) is 59.7 Å². The van der Waals surface area contributed by atoms with Crippen LogP contribution >= 0.6 is 0 Å². The van der Waals surface area contributed by atoms with E-state index in [0.29, 0.717) is 11.3 Å². The summed E-state index contributed by atoms with van der Waals surface area (Å²) in [6.07, 6.45) is 1.54. The van der Waals surface area contributed by atoms with Crippen molar-refractivity contribution in [3.63, 3.8) is 0 Å². The molecule has 0 fully saturated rings. The Kier molecular flexibility index (Phi) is 4.84. The summed E-state index contributed by atoms with van der Waals surface area (Å²) in [5.74, 6) is -0.461. The fourth-order valence-electron chi connectivity index (χ4n) is 2.24. The van der Waals surface area contributed by atoms with E-state index in [1.54, 1.807) is 12.1 Å². The maximum Gasteiger partial charge on any atom is 0.289 e. The van der Waals surface area contributed by atoms with Crippen LogP contribution in [0.25, 0.3) is 11.3 Å². The number of amides is 1. The smallest absolute Gasteiger partial charge is 0.272 e. The highest BCUT2D eigenvalue weighted by Gasteiger charge is 2.13. The van der Waals surface area contributed by atoms with Gasteiger partial charge >= 0.3 is 0 Å². The van der Waals surface area contributed by atoms with Crippen molar-refractivity contribution in [3.05, 3.63) is 81.5 Å². The van der Waals surface area contributed by atoms with Crippen LogP contribution in [0, 0.1) is 17.0 Å². The van der Waals surface area contributed by atoms with E-state index >= 15 is 0 Å². The second-order valence-electron chi connectivity index (χ2n) is 5.58. The van der Waals surface area contributed by atoms with Gasteiger partial charge in [-0.15, -0.1) is 0 Å². The number of H-pyrrole nitrogens is 1. The molecule has 0 aliphatic carbocycles. The van der Waals surface area contributed by atoms with E-state index < -0.39 is 10.8 Å².